The van der Waals surface area contributed by atoms with Crippen molar-refractivity contribution in [1.29, 1.82) is 0 Å². The lowest BCUT2D eigenvalue weighted by molar-refractivity contribution is -0.387. The SMILES string of the molecule is CC(C)(CBr)CS(=O)(=O)c1ccccc1[N+](=O)[O-]. The van der Waals surface area contributed by atoms with Crippen molar-refractivity contribution in [2.75, 3.05) is 11.1 Å². The molecule has 0 saturated carbocycles. The summed E-state index contributed by atoms with van der Waals surface area (Å²) in [6, 6.07) is 5.42. The summed E-state index contributed by atoms with van der Waals surface area (Å²) >= 11 is 3.25. The maximum Gasteiger partial charge on any atom is 0.287 e. The minimum absolute atomic E-state index is 0.143. The van der Waals surface area contributed by atoms with E-state index >= 15 is 0 Å². The normalized spacial score (nSPS) is 12.4. The van der Waals surface area contributed by atoms with Gasteiger partial charge in [-0.25, -0.2) is 8.42 Å². The molecule has 7 heteroatoms. The summed E-state index contributed by atoms with van der Waals surface area (Å²) in [6.07, 6.45) is 0. The van der Waals surface area contributed by atoms with Crippen LogP contribution in [0.2, 0.25) is 0 Å². The Labute approximate surface area is 114 Å². The van der Waals surface area contributed by atoms with E-state index in [-0.39, 0.29) is 16.3 Å². The number of nitro benzene ring substituents is 1. The summed E-state index contributed by atoms with van der Waals surface area (Å²) < 4.78 is 24.4. The average molecular weight is 336 g/mol. The number of rotatable bonds is 5. The summed E-state index contributed by atoms with van der Waals surface area (Å²) in [7, 11) is -3.68. The number of benzene rings is 1. The Morgan fingerprint density at radius 3 is 2.39 bits per heavy atom. The van der Waals surface area contributed by atoms with Crippen molar-refractivity contribution in [2.45, 2.75) is 18.7 Å². The highest BCUT2D eigenvalue weighted by Crippen LogP contribution is 2.29. The topological polar surface area (TPSA) is 77.3 Å². The summed E-state index contributed by atoms with van der Waals surface area (Å²) in [5.74, 6) is -0.143. The van der Waals surface area contributed by atoms with Crippen LogP contribution >= 0.6 is 15.9 Å². The van der Waals surface area contributed by atoms with Crippen LogP contribution in [0.1, 0.15) is 13.8 Å². The first kappa shape index (κ1) is 15.1. The summed E-state index contributed by atoms with van der Waals surface area (Å²) in [5, 5.41) is 11.3. The Bertz CT molecular complexity index is 554. The lowest BCUT2D eigenvalue weighted by Gasteiger charge is -2.21. The van der Waals surface area contributed by atoms with Gasteiger partial charge in [0.05, 0.1) is 10.7 Å². The minimum atomic E-state index is -3.68. The van der Waals surface area contributed by atoms with Crippen LogP contribution in [0.15, 0.2) is 29.2 Å². The second-order valence-electron chi connectivity index (χ2n) is 4.78. The van der Waals surface area contributed by atoms with E-state index in [0.717, 1.165) is 0 Å². The van der Waals surface area contributed by atoms with Gasteiger partial charge < -0.3 is 0 Å². The minimum Gasteiger partial charge on any atom is -0.258 e. The van der Waals surface area contributed by atoms with Gasteiger partial charge in [0.1, 0.15) is 4.90 Å². The Kier molecular flexibility index (Phi) is 4.50. The number of para-hydroxylation sites is 1. The molecule has 5 nitrogen and oxygen atoms in total. The van der Waals surface area contributed by atoms with Crippen molar-refractivity contribution in [3.05, 3.63) is 34.4 Å². The van der Waals surface area contributed by atoms with Crippen molar-refractivity contribution < 1.29 is 13.3 Å². The second-order valence-corrected chi connectivity index (χ2v) is 7.30. The van der Waals surface area contributed by atoms with Gasteiger partial charge in [-0.05, 0) is 11.5 Å². The van der Waals surface area contributed by atoms with Crippen LogP contribution in [0.25, 0.3) is 0 Å². The first-order valence-corrected chi connectivity index (χ1v) is 7.99. The van der Waals surface area contributed by atoms with Gasteiger partial charge in [0.25, 0.3) is 5.69 Å². The smallest absolute Gasteiger partial charge is 0.258 e. The maximum absolute atomic E-state index is 12.2. The summed E-state index contributed by atoms with van der Waals surface area (Å²) in [5.41, 5.74) is -0.856. The van der Waals surface area contributed by atoms with E-state index in [0.29, 0.717) is 5.33 Å². The van der Waals surface area contributed by atoms with Crippen molar-refractivity contribution in [3.8, 4) is 0 Å². The Morgan fingerprint density at radius 1 is 1.33 bits per heavy atom. The molecule has 100 valence electrons. The third-order valence-electron chi connectivity index (χ3n) is 2.34. The molecule has 0 fully saturated rings. The molecular formula is C11H14BrNO4S. The van der Waals surface area contributed by atoms with Gasteiger partial charge in [-0.2, -0.15) is 0 Å². The molecule has 0 aliphatic heterocycles. The number of hydrogen-bond donors (Lipinski definition) is 0. The van der Waals surface area contributed by atoms with Gasteiger partial charge in [-0.3, -0.25) is 10.1 Å². The second kappa shape index (κ2) is 5.36. The predicted octanol–water partition coefficient (Wildman–Crippen LogP) is 2.79. The lowest BCUT2D eigenvalue weighted by atomic mass is 10.0. The number of halogens is 1. The molecule has 1 aromatic carbocycles. The van der Waals surface area contributed by atoms with E-state index in [1.165, 1.54) is 24.3 Å². The van der Waals surface area contributed by atoms with Crippen LogP contribution < -0.4 is 0 Å². The molecular weight excluding hydrogens is 322 g/mol. The maximum atomic E-state index is 12.2. The average Bonchev–Trinajstić information content (AvgIpc) is 2.28. The molecule has 0 aromatic heterocycles. The van der Waals surface area contributed by atoms with Crippen LogP contribution in [-0.4, -0.2) is 24.4 Å². The fraction of sp³-hybridized carbons (Fsp3) is 0.455. The Morgan fingerprint density at radius 2 is 1.89 bits per heavy atom. The zero-order chi connectivity index (χ0) is 14.0. The van der Waals surface area contributed by atoms with Crippen molar-refractivity contribution in [3.63, 3.8) is 0 Å². The Balaban J connectivity index is 3.26. The van der Waals surface area contributed by atoms with Gasteiger partial charge in [0.15, 0.2) is 9.84 Å². The molecule has 0 heterocycles. The molecule has 0 amide bonds. The first-order valence-electron chi connectivity index (χ1n) is 5.22. The highest BCUT2D eigenvalue weighted by molar-refractivity contribution is 9.09. The molecule has 0 aliphatic carbocycles. The fourth-order valence-electron chi connectivity index (χ4n) is 1.50. The van der Waals surface area contributed by atoms with Gasteiger partial charge in [0, 0.05) is 11.4 Å². The number of nitrogens with zero attached hydrogens (tertiary/aromatic N) is 1. The highest BCUT2D eigenvalue weighted by atomic mass is 79.9. The third kappa shape index (κ3) is 3.52. The molecule has 0 N–H and O–H groups in total. The third-order valence-corrected chi connectivity index (χ3v) is 6.03. The van der Waals surface area contributed by atoms with Gasteiger partial charge in [-0.15, -0.1) is 0 Å². The summed E-state index contributed by atoms with van der Waals surface area (Å²) in [6.45, 7) is 3.57. The molecule has 0 saturated heterocycles. The number of sulfone groups is 1. The standard InChI is InChI=1S/C11H14BrNO4S/c1-11(2,7-12)8-18(16,17)10-6-4-3-5-9(10)13(14)15/h3-6H,7-8H2,1-2H3. The van der Waals surface area contributed by atoms with Crippen LogP contribution in [0.5, 0.6) is 0 Å². The molecule has 0 aliphatic rings. The molecule has 0 unspecified atom stereocenters. The number of alkyl halides is 1. The lowest BCUT2D eigenvalue weighted by Crippen LogP contribution is -2.26. The van der Waals surface area contributed by atoms with Crippen LogP contribution in [0, 0.1) is 15.5 Å². The zero-order valence-corrected chi connectivity index (χ0v) is 12.5. The first-order chi connectivity index (χ1) is 8.19. The number of hydrogen-bond acceptors (Lipinski definition) is 4. The molecule has 1 aromatic rings. The predicted molar refractivity (Wildman–Crippen MR) is 72.7 cm³/mol. The molecule has 0 atom stereocenters. The molecule has 18 heavy (non-hydrogen) atoms. The quantitative estimate of drug-likeness (QED) is 0.471. The van der Waals surface area contributed by atoms with Gasteiger partial charge in [-0.1, -0.05) is 41.9 Å². The van der Waals surface area contributed by atoms with Crippen LogP contribution in [-0.2, 0) is 9.84 Å². The fourth-order valence-corrected chi connectivity index (χ4v) is 4.00. The van der Waals surface area contributed by atoms with Crippen molar-refractivity contribution >= 4 is 31.5 Å². The molecule has 1 rings (SSSR count). The van der Waals surface area contributed by atoms with E-state index in [1.807, 2.05) is 0 Å². The van der Waals surface area contributed by atoms with Crippen molar-refractivity contribution in [1.82, 2.24) is 0 Å². The molecule has 0 bridgehead atoms. The van der Waals surface area contributed by atoms with E-state index in [2.05, 4.69) is 15.9 Å². The Hall–Kier alpha value is -0.950. The van der Waals surface area contributed by atoms with E-state index in [1.54, 1.807) is 13.8 Å². The van der Waals surface area contributed by atoms with Gasteiger partial charge >= 0.3 is 0 Å². The van der Waals surface area contributed by atoms with Crippen molar-refractivity contribution in [2.24, 2.45) is 5.41 Å². The molecule has 0 spiro atoms. The van der Waals surface area contributed by atoms with Crippen LogP contribution in [0.3, 0.4) is 0 Å². The summed E-state index contributed by atoms with van der Waals surface area (Å²) in [4.78, 5) is 9.94. The zero-order valence-electron chi connectivity index (χ0n) is 10.1. The largest absolute Gasteiger partial charge is 0.287 e. The van der Waals surface area contributed by atoms with Crippen LogP contribution in [0.4, 0.5) is 5.69 Å². The van der Waals surface area contributed by atoms with E-state index in [9.17, 15) is 18.5 Å². The number of nitro groups is 1. The monoisotopic (exact) mass is 335 g/mol. The van der Waals surface area contributed by atoms with E-state index in [4.69, 9.17) is 0 Å². The van der Waals surface area contributed by atoms with E-state index < -0.39 is 20.2 Å². The highest BCUT2D eigenvalue weighted by Gasteiger charge is 2.31. The van der Waals surface area contributed by atoms with Gasteiger partial charge in [0.2, 0.25) is 0 Å². The molecule has 0 radical (unpaired) electrons.